The van der Waals surface area contributed by atoms with Crippen LogP contribution in [0.15, 0.2) is 11.6 Å². The normalized spacial score (nSPS) is 18.2. The highest BCUT2D eigenvalue weighted by Crippen LogP contribution is 2.15. The number of hydrogen-bond donors (Lipinski definition) is 1. The fourth-order valence-electron chi connectivity index (χ4n) is 1.63. The third-order valence-electron chi connectivity index (χ3n) is 2.46. The minimum atomic E-state index is -0.328. The quantitative estimate of drug-likeness (QED) is 0.654. The van der Waals surface area contributed by atoms with E-state index in [9.17, 15) is 4.79 Å². The van der Waals surface area contributed by atoms with Gasteiger partial charge in [-0.25, -0.2) is 0 Å². The first kappa shape index (κ1) is 11.2. The first-order valence-electron chi connectivity index (χ1n) is 4.92. The molecule has 0 spiro atoms. The number of carbonyl (C=O) groups excluding carboxylic acids is 1. The molecular weight excluding hydrogens is 180 g/mol. The number of nitrogens with two attached hydrogens (primary N) is 1. The Balaban J connectivity index is 2.27. The molecule has 0 saturated carbocycles. The molecule has 0 aliphatic carbocycles. The van der Waals surface area contributed by atoms with Crippen LogP contribution in [0.5, 0.6) is 0 Å². The summed E-state index contributed by atoms with van der Waals surface area (Å²) >= 11 is 0. The summed E-state index contributed by atoms with van der Waals surface area (Å²) in [4.78, 5) is 13.0. The second-order valence-electron chi connectivity index (χ2n) is 3.54. The van der Waals surface area contributed by atoms with Crippen LogP contribution in [0.1, 0.15) is 12.8 Å². The average molecular weight is 198 g/mol. The molecule has 0 atom stereocenters. The number of piperidine rings is 1. The maximum atomic E-state index is 10.6. The first-order chi connectivity index (χ1) is 6.72. The van der Waals surface area contributed by atoms with Gasteiger partial charge in [0.25, 0.3) is 0 Å². The number of likely N-dealkylation sites (tertiary alicyclic amines) is 1. The van der Waals surface area contributed by atoms with Gasteiger partial charge in [-0.15, -0.1) is 0 Å². The van der Waals surface area contributed by atoms with Gasteiger partial charge in [0.15, 0.2) is 0 Å². The summed E-state index contributed by atoms with van der Waals surface area (Å²) < 4.78 is 5.01. The molecule has 4 heteroatoms. The van der Waals surface area contributed by atoms with E-state index in [1.165, 1.54) is 5.57 Å². The van der Waals surface area contributed by atoms with Crippen molar-refractivity contribution in [3.8, 4) is 0 Å². The highest BCUT2D eigenvalue weighted by molar-refractivity contribution is 5.86. The summed E-state index contributed by atoms with van der Waals surface area (Å²) in [5.74, 6) is -0.328. The van der Waals surface area contributed by atoms with Gasteiger partial charge >= 0.3 is 0 Å². The SMILES string of the molecule is COCCN1CCC(=CC(N)=O)CC1. The molecule has 4 nitrogen and oxygen atoms in total. The van der Waals surface area contributed by atoms with Crippen molar-refractivity contribution >= 4 is 5.91 Å². The smallest absolute Gasteiger partial charge is 0.241 e. The van der Waals surface area contributed by atoms with Crippen molar-refractivity contribution in [3.05, 3.63) is 11.6 Å². The van der Waals surface area contributed by atoms with Crippen LogP contribution in [0, 0.1) is 0 Å². The number of rotatable bonds is 4. The molecule has 1 aliphatic rings. The standard InChI is InChI=1S/C10H18N2O2/c1-14-7-6-12-4-2-9(3-5-12)8-10(11)13/h8H,2-7H2,1H3,(H2,11,13). The van der Waals surface area contributed by atoms with Crippen molar-refractivity contribution in [2.24, 2.45) is 5.73 Å². The molecule has 0 aromatic carbocycles. The minimum absolute atomic E-state index is 0.328. The highest BCUT2D eigenvalue weighted by Gasteiger charge is 2.13. The van der Waals surface area contributed by atoms with Crippen LogP contribution < -0.4 is 5.73 Å². The van der Waals surface area contributed by atoms with E-state index in [1.54, 1.807) is 13.2 Å². The average Bonchev–Trinajstić information content (AvgIpc) is 2.16. The van der Waals surface area contributed by atoms with Crippen molar-refractivity contribution in [1.82, 2.24) is 4.90 Å². The van der Waals surface area contributed by atoms with E-state index < -0.39 is 0 Å². The van der Waals surface area contributed by atoms with Gasteiger partial charge in [0.2, 0.25) is 5.91 Å². The lowest BCUT2D eigenvalue weighted by Gasteiger charge is -2.27. The molecule has 0 aromatic heterocycles. The molecule has 1 amide bonds. The van der Waals surface area contributed by atoms with Crippen LogP contribution >= 0.6 is 0 Å². The van der Waals surface area contributed by atoms with Crippen LogP contribution in [0.4, 0.5) is 0 Å². The van der Waals surface area contributed by atoms with Gasteiger partial charge in [0.05, 0.1) is 6.61 Å². The Morgan fingerprint density at radius 1 is 1.57 bits per heavy atom. The fourth-order valence-corrected chi connectivity index (χ4v) is 1.63. The van der Waals surface area contributed by atoms with Crippen molar-refractivity contribution in [2.75, 3.05) is 33.4 Å². The molecule has 1 rings (SSSR count). The first-order valence-corrected chi connectivity index (χ1v) is 4.92. The van der Waals surface area contributed by atoms with Gasteiger partial charge in [0, 0.05) is 32.8 Å². The number of amides is 1. The van der Waals surface area contributed by atoms with E-state index in [2.05, 4.69) is 4.90 Å². The Labute approximate surface area is 84.7 Å². The maximum Gasteiger partial charge on any atom is 0.241 e. The Hall–Kier alpha value is -0.870. The molecule has 1 saturated heterocycles. The second-order valence-corrected chi connectivity index (χ2v) is 3.54. The molecule has 80 valence electrons. The van der Waals surface area contributed by atoms with Crippen molar-refractivity contribution in [2.45, 2.75) is 12.8 Å². The van der Waals surface area contributed by atoms with Crippen molar-refractivity contribution in [3.63, 3.8) is 0 Å². The Morgan fingerprint density at radius 3 is 2.71 bits per heavy atom. The van der Waals surface area contributed by atoms with Gasteiger partial charge in [-0.1, -0.05) is 5.57 Å². The van der Waals surface area contributed by atoms with E-state index >= 15 is 0 Å². The predicted octanol–water partition coefficient (Wildman–Crippen LogP) is 0.140. The third kappa shape index (κ3) is 3.89. The van der Waals surface area contributed by atoms with E-state index in [1.807, 2.05) is 0 Å². The molecule has 0 radical (unpaired) electrons. The molecule has 2 N–H and O–H groups in total. The lowest BCUT2D eigenvalue weighted by molar-refractivity contribution is -0.113. The molecule has 1 heterocycles. The monoisotopic (exact) mass is 198 g/mol. The molecule has 1 fully saturated rings. The van der Waals surface area contributed by atoms with E-state index in [0.29, 0.717) is 0 Å². The van der Waals surface area contributed by atoms with E-state index in [4.69, 9.17) is 10.5 Å². The summed E-state index contributed by atoms with van der Waals surface area (Å²) in [6, 6.07) is 0. The Morgan fingerprint density at radius 2 is 2.21 bits per heavy atom. The highest BCUT2D eigenvalue weighted by atomic mass is 16.5. The van der Waals surface area contributed by atoms with Gasteiger partial charge in [0.1, 0.15) is 0 Å². The van der Waals surface area contributed by atoms with Crippen LogP contribution in [-0.4, -0.2) is 44.2 Å². The van der Waals surface area contributed by atoms with Crippen LogP contribution in [0.2, 0.25) is 0 Å². The Kier molecular flexibility index (Phi) is 4.62. The van der Waals surface area contributed by atoms with Crippen LogP contribution in [0.3, 0.4) is 0 Å². The number of methoxy groups -OCH3 is 1. The number of ether oxygens (including phenoxy) is 1. The summed E-state index contributed by atoms with van der Waals surface area (Å²) in [5, 5.41) is 0. The van der Waals surface area contributed by atoms with E-state index in [-0.39, 0.29) is 5.91 Å². The number of nitrogens with zero attached hydrogens (tertiary/aromatic N) is 1. The Bertz CT molecular complexity index is 216. The molecule has 0 aromatic rings. The summed E-state index contributed by atoms with van der Waals surface area (Å²) in [6.45, 7) is 3.75. The summed E-state index contributed by atoms with van der Waals surface area (Å²) in [6.07, 6.45) is 3.47. The lowest BCUT2D eigenvalue weighted by atomic mass is 10.0. The lowest BCUT2D eigenvalue weighted by Crippen LogP contribution is -2.33. The predicted molar refractivity (Wildman–Crippen MR) is 54.8 cm³/mol. The van der Waals surface area contributed by atoms with Crippen LogP contribution in [0.25, 0.3) is 0 Å². The number of primary amides is 1. The van der Waals surface area contributed by atoms with Gasteiger partial charge in [-0.05, 0) is 12.8 Å². The zero-order valence-electron chi connectivity index (χ0n) is 8.66. The van der Waals surface area contributed by atoms with Crippen molar-refractivity contribution in [1.29, 1.82) is 0 Å². The molecule has 0 unspecified atom stereocenters. The number of hydrogen-bond acceptors (Lipinski definition) is 3. The van der Waals surface area contributed by atoms with Gasteiger partial charge < -0.3 is 15.4 Å². The third-order valence-corrected chi connectivity index (χ3v) is 2.46. The molecular formula is C10H18N2O2. The molecule has 1 aliphatic heterocycles. The summed E-state index contributed by atoms with van der Waals surface area (Å²) in [5.41, 5.74) is 6.26. The largest absolute Gasteiger partial charge is 0.383 e. The summed E-state index contributed by atoms with van der Waals surface area (Å²) in [7, 11) is 1.71. The zero-order chi connectivity index (χ0) is 10.4. The topological polar surface area (TPSA) is 55.6 Å². The fraction of sp³-hybridized carbons (Fsp3) is 0.700. The second kappa shape index (κ2) is 5.78. The molecule has 0 bridgehead atoms. The van der Waals surface area contributed by atoms with Gasteiger partial charge in [-0.2, -0.15) is 0 Å². The van der Waals surface area contributed by atoms with E-state index in [0.717, 1.165) is 39.1 Å². The zero-order valence-corrected chi connectivity index (χ0v) is 8.66. The van der Waals surface area contributed by atoms with Crippen LogP contribution in [-0.2, 0) is 9.53 Å². The number of carbonyl (C=O) groups is 1. The minimum Gasteiger partial charge on any atom is -0.383 e. The molecule has 14 heavy (non-hydrogen) atoms. The van der Waals surface area contributed by atoms with Crippen molar-refractivity contribution < 1.29 is 9.53 Å². The van der Waals surface area contributed by atoms with Gasteiger partial charge in [-0.3, -0.25) is 4.79 Å². The maximum absolute atomic E-state index is 10.6.